The zero-order valence-electron chi connectivity index (χ0n) is 17.3. The number of para-hydroxylation sites is 1. The summed E-state index contributed by atoms with van der Waals surface area (Å²) in [7, 11) is 1.41. The number of fused-ring (bicyclic) bond motifs is 1. The standard InChI is InChI=1S/C21H21F3N4O3S/c1-3-31-13-8-9-16-17(10-13)27-20(26-16)32-12-19(30)28(2)11-18(29)25-15-7-5-4-6-14(15)21(22,23)24/h4-10H,3,11-12H2,1-2H3,(H,25,29)(H,26,27). The molecule has 0 unspecified atom stereocenters. The number of alkyl halides is 3. The predicted octanol–water partition coefficient (Wildman–Crippen LogP) is 4.17. The van der Waals surface area contributed by atoms with Crippen molar-refractivity contribution in [3.8, 4) is 5.75 Å². The molecule has 0 radical (unpaired) electrons. The Balaban J connectivity index is 1.55. The summed E-state index contributed by atoms with van der Waals surface area (Å²) in [5.41, 5.74) is 0.186. The molecule has 0 atom stereocenters. The van der Waals surface area contributed by atoms with Crippen LogP contribution < -0.4 is 10.1 Å². The number of likely N-dealkylation sites (N-methyl/N-ethyl adjacent to an activating group) is 1. The summed E-state index contributed by atoms with van der Waals surface area (Å²) in [5, 5.41) is 2.75. The fourth-order valence-electron chi connectivity index (χ4n) is 2.86. The second kappa shape index (κ2) is 9.94. The Morgan fingerprint density at radius 3 is 2.69 bits per heavy atom. The summed E-state index contributed by atoms with van der Waals surface area (Å²) >= 11 is 1.16. The summed E-state index contributed by atoms with van der Waals surface area (Å²) in [6.45, 7) is 2.04. The van der Waals surface area contributed by atoms with Gasteiger partial charge in [0.25, 0.3) is 0 Å². The minimum atomic E-state index is -4.60. The minimum Gasteiger partial charge on any atom is -0.494 e. The Morgan fingerprint density at radius 2 is 1.97 bits per heavy atom. The van der Waals surface area contributed by atoms with Crippen LogP contribution in [0.15, 0.2) is 47.6 Å². The number of thioether (sulfide) groups is 1. The van der Waals surface area contributed by atoms with Gasteiger partial charge in [0.05, 0.1) is 41.2 Å². The molecule has 170 valence electrons. The highest BCUT2D eigenvalue weighted by Gasteiger charge is 2.33. The number of ether oxygens (including phenoxy) is 1. The average molecular weight is 466 g/mol. The van der Waals surface area contributed by atoms with E-state index >= 15 is 0 Å². The molecule has 7 nitrogen and oxygen atoms in total. The number of amides is 2. The number of carbonyl (C=O) groups is 2. The number of H-pyrrole nitrogens is 1. The molecule has 0 aliphatic rings. The number of nitrogens with one attached hydrogen (secondary N) is 2. The van der Waals surface area contributed by atoms with E-state index < -0.39 is 17.6 Å². The van der Waals surface area contributed by atoms with E-state index in [1.807, 2.05) is 13.0 Å². The normalized spacial score (nSPS) is 11.4. The largest absolute Gasteiger partial charge is 0.494 e. The monoisotopic (exact) mass is 466 g/mol. The van der Waals surface area contributed by atoms with E-state index in [9.17, 15) is 22.8 Å². The van der Waals surface area contributed by atoms with Crippen LogP contribution in [0.3, 0.4) is 0 Å². The second-order valence-corrected chi connectivity index (χ2v) is 7.75. The fraction of sp³-hybridized carbons (Fsp3) is 0.286. The molecule has 0 aliphatic carbocycles. The summed E-state index contributed by atoms with van der Waals surface area (Å²) in [6, 6.07) is 10.1. The fourth-order valence-corrected chi connectivity index (χ4v) is 3.69. The number of hydrogen-bond donors (Lipinski definition) is 2. The van der Waals surface area contributed by atoms with Crippen LogP contribution in [0, 0.1) is 0 Å². The molecular formula is C21H21F3N4O3S. The first-order valence-electron chi connectivity index (χ1n) is 9.62. The van der Waals surface area contributed by atoms with Gasteiger partial charge >= 0.3 is 6.18 Å². The Kier molecular flexibility index (Phi) is 7.29. The van der Waals surface area contributed by atoms with Crippen molar-refractivity contribution in [2.45, 2.75) is 18.3 Å². The Hall–Kier alpha value is -3.21. The number of carbonyl (C=O) groups excluding carboxylic acids is 2. The molecule has 0 spiro atoms. The molecule has 0 saturated carbocycles. The topological polar surface area (TPSA) is 87.3 Å². The molecule has 0 bridgehead atoms. The first-order valence-corrected chi connectivity index (χ1v) is 10.6. The molecule has 2 aromatic carbocycles. The number of anilines is 1. The first kappa shape index (κ1) is 23.5. The van der Waals surface area contributed by atoms with Crippen molar-refractivity contribution in [1.82, 2.24) is 14.9 Å². The Labute approximate surface area is 186 Å². The predicted molar refractivity (Wildman–Crippen MR) is 116 cm³/mol. The molecule has 0 fully saturated rings. The maximum absolute atomic E-state index is 13.1. The summed E-state index contributed by atoms with van der Waals surface area (Å²) in [6.07, 6.45) is -4.60. The molecule has 2 N–H and O–H groups in total. The van der Waals surface area contributed by atoms with Gasteiger partial charge in [0.2, 0.25) is 11.8 Å². The SMILES string of the molecule is CCOc1ccc2nc(SCC(=O)N(C)CC(=O)Nc3ccccc3C(F)(F)F)[nH]c2c1. The maximum atomic E-state index is 13.1. The average Bonchev–Trinajstić information content (AvgIpc) is 3.14. The van der Waals surface area contributed by atoms with Gasteiger partial charge in [-0.15, -0.1) is 0 Å². The van der Waals surface area contributed by atoms with Gasteiger partial charge < -0.3 is 19.9 Å². The van der Waals surface area contributed by atoms with Gasteiger partial charge in [-0.1, -0.05) is 23.9 Å². The van der Waals surface area contributed by atoms with E-state index in [2.05, 4.69) is 15.3 Å². The lowest BCUT2D eigenvalue weighted by molar-refractivity contribution is -0.137. The number of aromatic amines is 1. The molecule has 0 saturated heterocycles. The molecule has 3 rings (SSSR count). The zero-order valence-corrected chi connectivity index (χ0v) is 18.1. The summed E-state index contributed by atoms with van der Waals surface area (Å²) < 4.78 is 44.6. The highest BCUT2D eigenvalue weighted by atomic mass is 32.2. The van der Waals surface area contributed by atoms with Gasteiger partial charge in [-0.2, -0.15) is 13.2 Å². The van der Waals surface area contributed by atoms with Crippen LogP contribution in [0.1, 0.15) is 12.5 Å². The van der Waals surface area contributed by atoms with Gasteiger partial charge in [-0.05, 0) is 31.2 Å². The molecule has 32 heavy (non-hydrogen) atoms. The van der Waals surface area contributed by atoms with Gasteiger partial charge in [-0.3, -0.25) is 9.59 Å². The number of hydrogen-bond acceptors (Lipinski definition) is 5. The van der Waals surface area contributed by atoms with E-state index in [4.69, 9.17) is 4.74 Å². The third-order valence-electron chi connectivity index (χ3n) is 4.39. The molecule has 1 heterocycles. The van der Waals surface area contributed by atoms with Crippen LogP contribution in [0.5, 0.6) is 5.75 Å². The molecule has 11 heteroatoms. The quantitative estimate of drug-likeness (QED) is 0.487. The van der Waals surface area contributed by atoms with Crippen molar-refractivity contribution in [3.63, 3.8) is 0 Å². The van der Waals surface area contributed by atoms with Crippen molar-refractivity contribution in [2.75, 3.05) is 31.3 Å². The van der Waals surface area contributed by atoms with Crippen LogP contribution in [0.25, 0.3) is 11.0 Å². The lowest BCUT2D eigenvalue weighted by atomic mass is 10.1. The van der Waals surface area contributed by atoms with Crippen molar-refractivity contribution in [2.24, 2.45) is 0 Å². The number of nitrogens with zero attached hydrogens (tertiary/aromatic N) is 2. The number of imidazole rings is 1. The van der Waals surface area contributed by atoms with Crippen molar-refractivity contribution in [3.05, 3.63) is 48.0 Å². The molecule has 1 aromatic heterocycles. The van der Waals surface area contributed by atoms with Crippen molar-refractivity contribution < 1.29 is 27.5 Å². The van der Waals surface area contributed by atoms with E-state index in [-0.39, 0.29) is 23.9 Å². The van der Waals surface area contributed by atoms with Crippen LogP contribution in [-0.4, -0.2) is 52.6 Å². The van der Waals surface area contributed by atoms with Gasteiger partial charge in [0.15, 0.2) is 5.16 Å². The van der Waals surface area contributed by atoms with Crippen molar-refractivity contribution in [1.29, 1.82) is 0 Å². The summed E-state index contributed by atoms with van der Waals surface area (Å²) in [5.74, 6) is -0.394. The number of benzene rings is 2. The highest BCUT2D eigenvalue weighted by molar-refractivity contribution is 7.99. The summed E-state index contributed by atoms with van der Waals surface area (Å²) in [4.78, 5) is 33.2. The third kappa shape index (κ3) is 5.94. The zero-order chi connectivity index (χ0) is 23.3. The number of aromatic nitrogens is 2. The van der Waals surface area contributed by atoms with E-state index in [0.717, 1.165) is 39.8 Å². The van der Waals surface area contributed by atoms with E-state index in [1.54, 1.807) is 12.1 Å². The minimum absolute atomic E-state index is 0.00105. The number of rotatable bonds is 8. The molecular weight excluding hydrogens is 445 g/mol. The van der Waals surface area contributed by atoms with E-state index in [1.165, 1.54) is 19.2 Å². The van der Waals surface area contributed by atoms with Crippen LogP contribution in [-0.2, 0) is 15.8 Å². The molecule has 3 aromatic rings. The van der Waals surface area contributed by atoms with Crippen LogP contribution in [0.2, 0.25) is 0 Å². The lowest BCUT2D eigenvalue weighted by Crippen LogP contribution is -2.36. The van der Waals surface area contributed by atoms with Crippen LogP contribution >= 0.6 is 11.8 Å². The van der Waals surface area contributed by atoms with E-state index in [0.29, 0.717) is 17.5 Å². The Bertz CT molecular complexity index is 1120. The second-order valence-electron chi connectivity index (χ2n) is 6.78. The first-order chi connectivity index (χ1) is 15.2. The van der Waals surface area contributed by atoms with Crippen molar-refractivity contribution >= 4 is 40.3 Å². The highest BCUT2D eigenvalue weighted by Crippen LogP contribution is 2.34. The molecule has 0 aliphatic heterocycles. The van der Waals surface area contributed by atoms with Gasteiger partial charge in [0.1, 0.15) is 5.75 Å². The van der Waals surface area contributed by atoms with Gasteiger partial charge in [0, 0.05) is 13.1 Å². The lowest BCUT2D eigenvalue weighted by Gasteiger charge is -2.18. The third-order valence-corrected chi connectivity index (χ3v) is 5.25. The Morgan fingerprint density at radius 1 is 1.22 bits per heavy atom. The molecule has 2 amide bonds. The van der Waals surface area contributed by atoms with Crippen LogP contribution in [0.4, 0.5) is 18.9 Å². The maximum Gasteiger partial charge on any atom is 0.418 e. The number of halogens is 3. The van der Waals surface area contributed by atoms with Gasteiger partial charge in [-0.25, -0.2) is 4.98 Å². The smallest absolute Gasteiger partial charge is 0.418 e.